The van der Waals surface area contributed by atoms with Crippen molar-refractivity contribution in [2.45, 2.75) is 52.0 Å². The molecule has 8 heteroatoms. The van der Waals surface area contributed by atoms with Crippen molar-refractivity contribution in [3.05, 3.63) is 18.5 Å². The lowest BCUT2D eigenvalue weighted by molar-refractivity contribution is -0.144. The topological polar surface area (TPSA) is 78.9 Å². The van der Waals surface area contributed by atoms with Crippen molar-refractivity contribution in [3.8, 4) is 0 Å². The van der Waals surface area contributed by atoms with Crippen LogP contribution in [0.4, 0.5) is 5.95 Å². The highest BCUT2D eigenvalue weighted by atomic mass is 16.5. The van der Waals surface area contributed by atoms with E-state index in [1.54, 1.807) is 12.4 Å². The van der Waals surface area contributed by atoms with Crippen molar-refractivity contribution in [3.63, 3.8) is 0 Å². The van der Waals surface area contributed by atoms with Gasteiger partial charge in [0.05, 0.1) is 13.0 Å². The number of likely N-dealkylation sites (tertiary alicyclic amines) is 1. The van der Waals surface area contributed by atoms with Crippen LogP contribution in [0.25, 0.3) is 0 Å². The number of amides is 1. The second-order valence-electron chi connectivity index (χ2n) is 8.07. The molecule has 3 heterocycles. The van der Waals surface area contributed by atoms with Gasteiger partial charge in [0.15, 0.2) is 0 Å². The number of esters is 1. The Morgan fingerprint density at radius 2 is 1.87 bits per heavy atom. The molecule has 2 aliphatic rings. The van der Waals surface area contributed by atoms with Crippen molar-refractivity contribution in [1.82, 2.24) is 19.8 Å². The molecule has 0 spiro atoms. The minimum atomic E-state index is -0.231. The number of likely N-dealkylation sites (N-methyl/N-ethyl adjacent to an activating group) is 1. The Morgan fingerprint density at radius 1 is 1.13 bits per heavy atom. The van der Waals surface area contributed by atoms with Crippen LogP contribution in [0.5, 0.6) is 0 Å². The van der Waals surface area contributed by atoms with E-state index in [-0.39, 0.29) is 24.2 Å². The maximum atomic E-state index is 13.4. The van der Waals surface area contributed by atoms with Gasteiger partial charge < -0.3 is 14.5 Å². The number of aromatic nitrogens is 2. The van der Waals surface area contributed by atoms with Crippen LogP contribution in [-0.4, -0.2) is 83.6 Å². The van der Waals surface area contributed by atoms with Gasteiger partial charge in [-0.05, 0) is 51.8 Å². The number of hydrogen-bond acceptors (Lipinski definition) is 7. The zero-order chi connectivity index (χ0) is 21.3. The second-order valence-corrected chi connectivity index (χ2v) is 8.07. The Morgan fingerprint density at radius 3 is 2.53 bits per heavy atom. The number of hydrogen-bond donors (Lipinski definition) is 0. The van der Waals surface area contributed by atoms with E-state index >= 15 is 0 Å². The number of nitrogens with zero attached hydrogens (tertiary/aromatic N) is 5. The molecule has 1 aromatic heterocycles. The highest BCUT2D eigenvalue weighted by Crippen LogP contribution is 2.24. The summed E-state index contributed by atoms with van der Waals surface area (Å²) in [7, 11) is 0. The van der Waals surface area contributed by atoms with Gasteiger partial charge in [0.2, 0.25) is 11.9 Å². The summed E-state index contributed by atoms with van der Waals surface area (Å²) in [6.07, 6.45) is 7.61. The standard InChI is InChI=1S/C22H35N5O3/c1-3-25-13-5-7-19(25)17-27(16-10-20(28)30-4-2)21(29)18-8-14-26(15-9-18)22-23-11-6-12-24-22/h6,11-12,18-19H,3-5,7-10,13-17H2,1-2H3. The van der Waals surface area contributed by atoms with Crippen LogP contribution in [0.2, 0.25) is 0 Å². The summed E-state index contributed by atoms with van der Waals surface area (Å²) in [5.74, 6) is 0.664. The van der Waals surface area contributed by atoms with Crippen LogP contribution >= 0.6 is 0 Å². The molecule has 1 atom stereocenters. The molecule has 0 aliphatic carbocycles. The van der Waals surface area contributed by atoms with E-state index in [2.05, 4.69) is 26.7 Å². The van der Waals surface area contributed by atoms with E-state index in [4.69, 9.17) is 4.74 Å². The Labute approximate surface area is 179 Å². The van der Waals surface area contributed by atoms with E-state index in [9.17, 15) is 9.59 Å². The van der Waals surface area contributed by atoms with E-state index in [0.29, 0.717) is 25.7 Å². The predicted octanol–water partition coefficient (Wildman–Crippen LogP) is 1.96. The van der Waals surface area contributed by atoms with E-state index < -0.39 is 0 Å². The number of carbonyl (C=O) groups excluding carboxylic acids is 2. The summed E-state index contributed by atoms with van der Waals surface area (Å²) in [6.45, 7) is 9.14. The molecule has 1 aromatic rings. The lowest BCUT2D eigenvalue weighted by atomic mass is 9.95. The number of anilines is 1. The summed E-state index contributed by atoms with van der Waals surface area (Å²) >= 11 is 0. The molecule has 166 valence electrons. The first kappa shape index (κ1) is 22.5. The Kier molecular flexibility index (Phi) is 8.42. The molecule has 0 saturated carbocycles. The maximum absolute atomic E-state index is 13.4. The number of rotatable bonds is 9. The fourth-order valence-corrected chi connectivity index (χ4v) is 4.56. The molecule has 1 unspecified atom stereocenters. The van der Waals surface area contributed by atoms with Gasteiger partial charge in [0.25, 0.3) is 0 Å². The number of carbonyl (C=O) groups is 2. The van der Waals surface area contributed by atoms with Crippen LogP contribution < -0.4 is 4.90 Å². The van der Waals surface area contributed by atoms with Gasteiger partial charge in [-0.25, -0.2) is 9.97 Å². The molecule has 2 aliphatic heterocycles. The summed E-state index contributed by atoms with van der Waals surface area (Å²) in [5, 5.41) is 0. The summed E-state index contributed by atoms with van der Waals surface area (Å²) < 4.78 is 5.08. The smallest absolute Gasteiger partial charge is 0.307 e. The number of piperidine rings is 1. The lowest BCUT2D eigenvalue weighted by Crippen LogP contribution is -2.48. The Hall–Kier alpha value is -2.22. The van der Waals surface area contributed by atoms with Crippen LogP contribution in [0.1, 0.15) is 46.0 Å². The molecule has 0 bridgehead atoms. The molecule has 0 N–H and O–H groups in total. The van der Waals surface area contributed by atoms with Crippen molar-refractivity contribution in [2.24, 2.45) is 5.92 Å². The Bertz CT molecular complexity index is 679. The first-order valence-electron chi connectivity index (χ1n) is 11.3. The van der Waals surface area contributed by atoms with Gasteiger partial charge in [-0.2, -0.15) is 0 Å². The van der Waals surface area contributed by atoms with Crippen LogP contribution in [0.15, 0.2) is 18.5 Å². The molecule has 2 fully saturated rings. The van der Waals surface area contributed by atoms with Crippen LogP contribution in [0.3, 0.4) is 0 Å². The molecule has 1 amide bonds. The molecule has 0 radical (unpaired) electrons. The summed E-state index contributed by atoms with van der Waals surface area (Å²) in [5.41, 5.74) is 0. The average Bonchev–Trinajstić information content (AvgIpc) is 3.24. The molecule has 30 heavy (non-hydrogen) atoms. The molecule has 3 rings (SSSR count). The van der Waals surface area contributed by atoms with Crippen LogP contribution in [0, 0.1) is 5.92 Å². The maximum Gasteiger partial charge on any atom is 0.307 e. The SMILES string of the molecule is CCOC(=O)CCN(CC1CCCN1CC)C(=O)C1CCN(c2ncccn2)CC1. The van der Waals surface area contributed by atoms with Gasteiger partial charge in [0.1, 0.15) is 0 Å². The fraction of sp³-hybridized carbons (Fsp3) is 0.727. The monoisotopic (exact) mass is 417 g/mol. The predicted molar refractivity (Wildman–Crippen MR) is 115 cm³/mol. The molecule has 0 aromatic carbocycles. The zero-order valence-corrected chi connectivity index (χ0v) is 18.3. The quantitative estimate of drug-likeness (QED) is 0.568. The third kappa shape index (κ3) is 5.90. The van der Waals surface area contributed by atoms with Crippen molar-refractivity contribution < 1.29 is 14.3 Å². The van der Waals surface area contributed by atoms with Crippen molar-refractivity contribution >= 4 is 17.8 Å². The third-order valence-corrected chi connectivity index (χ3v) is 6.22. The second kappa shape index (κ2) is 11.2. The fourth-order valence-electron chi connectivity index (χ4n) is 4.56. The molecular weight excluding hydrogens is 382 g/mol. The summed E-state index contributed by atoms with van der Waals surface area (Å²) in [6, 6.07) is 2.20. The first-order valence-corrected chi connectivity index (χ1v) is 11.3. The van der Waals surface area contributed by atoms with Crippen LogP contribution in [-0.2, 0) is 14.3 Å². The minimum Gasteiger partial charge on any atom is -0.466 e. The number of ether oxygens (including phenoxy) is 1. The van der Waals surface area contributed by atoms with Gasteiger partial charge in [-0.3, -0.25) is 14.5 Å². The molecular formula is C22H35N5O3. The lowest BCUT2D eigenvalue weighted by Gasteiger charge is -2.36. The van der Waals surface area contributed by atoms with E-state index in [1.165, 1.54) is 6.42 Å². The summed E-state index contributed by atoms with van der Waals surface area (Å²) in [4.78, 5) is 40.5. The average molecular weight is 418 g/mol. The highest BCUT2D eigenvalue weighted by molar-refractivity contribution is 5.80. The van der Waals surface area contributed by atoms with Gasteiger partial charge >= 0.3 is 5.97 Å². The van der Waals surface area contributed by atoms with Gasteiger partial charge in [-0.15, -0.1) is 0 Å². The normalized spacial score (nSPS) is 20.3. The third-order valence-electron chi connectivity index (χ3n) is 6.22. The van der Waals surface area contributed by atoms with E-state index in [0.717, 1.165) is 51.4 Å². The van der Waals surface area contributed by atoms with E-state index in [1.807, 2.05) is 17.9 Å². The zero-order valence-electron chi connectivity index (χ0n) is 18.3. The van der Waals surface area contributed by atoms with Crippen molar-refractivity contribution in [2.75, 3.05) is 50.8 Å². The molecule has 2 saturated heterocycles. The van der Waals surface area contributed by atoms with Gasteiger partial charge in [-0.1, -0.05) is 6.92 Å². The largest absolute Gasteiger partial charge is 0.466 e. The minimum absolute atomic E-state index is 0.0105. The molecule has 8 nitrogen and oxygen atoms in total. The first-order chi connectivity index (χ1) is 14.6. The van der Waals surface area contributed by atoms with Gasteiger partial charge in [0, 0.05) is 50.5 Å². The highest BCUT2D eigenvalue weighted by Gasteiger charge is 2.32. The van der Waals surface area contributed by atoms with Crippen molar-refractivity contribution in [1.29, 1.82) is 0 Å². The Balaban J connectivity index is 1.60.